The van der Waals surface area contributed by atoms with Gasteiger partial charge in [-0.15, -0.1) is 0 Å². The number of anilines is 2. The number of methoxy groups -OCH3 is 1. The molecule has 7 nitrogen and oxygen atoms in total. The monoisotopic (exact) mass is 399 g/mol. The van der Waals surface area contributed by atoms with Gasteiger partial charge in [-0.3, -0.25) is 4.79 Å². The third-order valence-corrected chi connectivity index (χ3v) is 5.32. The fourth-order valence-electron chi connectivity index (χ4n) is 3.82. The van der Waals surface area contributed by atoms with Gasteiger partial charge in [-0.05, 0) is 36.2 Å². The number of carbonyl (C=O) groups is 1. The fourth-order valence-corrected chi connectivity index (χ4v) is 3.82. The molecular formula is C23H21N5O2. The molecule has 1 aliphatic rings. The number of rotatable bonds is 5. The number of H-pyrrole nitrogens is 1. The van der Waals surface area contributed by atoms with Crippen molar-refractivity contribution in [3.8, 4) is 17.0 Å². The molecule has 3 N–H and O–H groups in total. The first kappa shape index (κ1) is 18.2. The highest BCUT2D eigenvalue weighted by Gasteiger charge is 2.20. The summed E-state index contributed by atoms with van der Waals surface area (Å²) in [5, 5.41) is 7.40. The lowest BCUT2D eigenvalue weighted by atomic mass is 10.1. The molecule has 5 rings (SSSR count). The van der Waals surface area contributed by atoms with Crippen LogP contribution in [0.5, 0.6) is 5.75 Å². The molecule has 0 fully saturated rings. The quantitative estimate of drug-likeness (QED) is 0.475. The zero-order valence-electron chi connectivity index (χ0n) is 16.5. The van der Waals surface area contributed by atoms with Crippen LogP contribution in [0.25, 0.3) is 22.2 Å². The van der Waals surface area contributed by atoms with Gasteiger partial charge in [-0.2, -0.15) is 0 Å². The van der Waals surface area contributed by atoms with Crippen molar-refractivity contribution in [3.63, 3.8) is 0 Å². The van der Waals surface area contributed by atoms with E-state index in [2.05, 4.69) is 20.6 Å². The largest absolute Gasteiger partial charge is 0.497 e. The highest BCUT2D eigenvalue weighted by molar-refractivity contribution is 5.99. The molecule has 0 saturated heterocycles. The highest BCUT2D eigenvalue weighted by atomic mass is 16.5. The van der Waals surface area contributed by atoms with E-state index in [1.54, 1.807) is 13.3 Å². The number of ether oxygens (including phenoxy) is 1. The number of aromatic nitrogens is 3. The molecule has 0 bridgehead atoms. The number of nitrogens with zero attached hydrogens (tertiary/aromatic N) is 2. The van der Waals surface area contributed by atoms with Crippen molar-refractivity contribution >= 4 is 28.4 Å². The number of hydrogen-bond acceptors (Lipinski definition) is 5. The van der Waals surface area contributed by atoms with Crippen LogP contribution in [0.2, 0.25) is 0 Å². The van der Waals surface area contributed by atoms with Crippen LogP contribution in [0.1, 0.15) is 11.1 Å². The number of carbonyl (C=O) groups excluding carboxylic acids is 1. The van der Waals surface area contributed by atoms with Gasteiger partial charge in [0.1, 0.15) is 5.75 Å². The van der Waals surface area contributed by atoms with Crippen molar-refractivity contribution in [1.29, 1.82) is 0 Å². The number of benzene rings is 2. The van der Waals surface area contributed by atoms with E-state index >= 15 is 0 Å². The lowest BCUT2D eigenvalue weighted by Gasteiger charge is -2.10. The molecule has 1 aliphatic heterocycles. The Morgan fingerprint density at radius 2 is 2.10 bits per heavy atom. The summed E-state index contributed by atoms with van der Waals surface area (Å²) in [7, 11) is 1.67. The van der Waals surface area contributed by atoms with Crippen molar-refractivity contribution in [2.24, 2.45) is 0 Å². The van der Waals surface area contributed by atoms with E-state index in [1.807, 2.05) is 48.7 Å². The molecule has 1 amide bonds. The maximum Gasteiger partial charge on any atom is 0.228 e. The average molecular weight is 399 g/mol. The lowest BCUT2D eigenvalue weighted by molar-refractivity contribution is -0.115. The van der Waals surface area contributed by atoms with Gasteiger partial charge in [0.15, 0.2) is 0 Å². The van der Waals surface area contributed by atoms with E-state index in [0.29, 0.717) is 12.5 Å². The minimum Gasteiger partial charge on any atom is -0.497 e. The predicted octanol–water partition coefficient (Wildman–Crippen LogP) is 3.78. The van der Waals surface area contributed by atoms with Crippen molar-refractivity contribution < 1.29 is 9.53 Å². The molecule has 0 radical (unpaired) electrons. The molecule has 0 unspecified atom stereocenters. The zero-order chi connectivity index (χ0) is 20.5. The van der Waals surface area contributed by atoms with E-state index in [0.717, 1.165) is 45.6 Å². The number of amides is 1. The normalized spacial score (nSPS) is 12.6. The number of nitrogens with one attached hydrogen (secondary N) is 3. The first-order chi connectivity index (χ1) is 14.7. The van der Waals surface area contributed by atoms with Crippen LogP contribution < -0.4 is 15.4 Å². The van der Waals surface area contributed by atoms with E-state index < -0.39 is 0 Å². The van der Waals surface area contributed by atoms with Crippen molar-refractivity contribution in [1.82, 2.24) is 15.0 Å². The molecule has 0 atom stereocenters. The number of para-hydroxylation sites is 1. The maximum absolute atomic E-state index is 12.2. The lowest BCUT2D eigenvalue weighted by Crippen LogP contribution is -2.13. The zero-order valence-corrected chi connectivity index (χ0v) is 16.5. The maximum atomic E-state index is 12.2. The fraction of sp³-hybridized carbons (Fsp3) is 0.174. The summed E-state index contributed by atoms with van der Waals surface area (Å²) >= 11 is 0. The Morgan fingerprint density at radius 1 is 1.20 bits per heavy atom. The van der Waals surface area contributed by atoms with Crippen LogP contribution in [0.15, 0.2) is 54.9 Å². The second-order valence-electron chi connectivity index (χ2n) is 7.24. The van der Waals surface area contributed by atoms with Gasteiger partial charge in [0.2, 0.25) is 11.9 Å². The molecule has 2 aromatic carbocycles. The number of fused-ring (bicyclic) bond motifs is 4. The van der Waals surface area contributed by atoms with Crippen LogP contribution in [0.3, 0.4) is 0 Å². The standard InChI is InChI=1S/C23H21N5O2/c1-30-16-6-7-19-18(11-16)14(12-25-19)8-9-24-23-26-13-15-10-21(29)27-20-5-3-2-4-17(20)22(15)28-23/h2-7,11-13,25H,8-10H2,1H3,(H,27,29)(H,24,26,28). The Kier molecular flexibility index (Phi) is 4.55. The van der Waals surface area contributed by atoms with Gasteiger partial charge in [-0.1, -0.05) is 18.2 Å². The summed E-state index contributed by atoms with van der Waals surface area (Å²) in [6.45, 7) is 0.682. The summed E-state index contributed by atoms with van der Waals surface area (Å²) in [6.07, 6.45) is 4.84. The Morgan fingerprint density at radius 3 is 3.00 bits per heavy atom. The summed E-state index contributed by atoms with van der Waals surface area (Å²) in [4.78, 5) is 24.6. The number of hydrogen-bond donors (Lipinski definition) is 3. The van der Waals surface area contributed by atoms with Crippen LogP contribution in [0.4, 0.5) is 11.6 Å². The average Bonchev–Trinajstić information content (AvgIpc) is 3.10. The van der Waals surface area contributed by atoms with Gasteiger partial charge in [0.05, 0.1) is 24.9 Å². The van der Waals surface area contributed by atoms with Gasteiger partial charge in [0.25, 0.3) is 0 Å². The minimum atomic E-state index is -0.0553. The molecule has 0 aliphatic carbocycles. The topological polar surface area (TPSA) is 91.9 Å². The van der Waals surface area contributed by atoms with Gasteiger partial charge in [0, 0.05) is 41.0 Å². The Balaban J connectivity index is 1.36. The molecule has 0 spiro atoms. The molecule has 3 heterocycles. The summed E-state index contributed by atoms with van der Waals surface area (Å²) in [6, 6.07) is 13.7. The second-order valence-corrected chi connectivity index (χ2v) is 7.24. The Bertz CT molecular complexity index is 1250. The van der Waals surface area contributed by atoms with Crippen LogP contribution in [0, 0.1) is 0 Å². The molecular weight excluding hydrogens is 378 g/mol. The molecule has 0 saturated carbocycles. The van der Waals surface area contributed by atoms with Gasteiger partial charge < -0.3 is 20.4 Å². The van der Waals surface area contributed by atoms with E-state index in [4.69, 9.17) is 9.72 Å². The SMILES string of the molecule is COc1ccc2[nH]cc(CCNc3ncc4c(n3)-c3ccccc3NC(=O)C4)c2c1. The first-order valence-corrected chi connectivity index (χ1v) is 9.84. The van der Waals surface area contributed by atoms with E-state index in [9.17, 15) is 4.79 Å². The van der Waals surface area contributed by atoms with Crippen LogP contribution >= 0.6 is 0 Å². The molecule has 7 heteroatoms. The van der Waals surface area contributed by atoms with Crippen molar-refractivity contribution in [3.05, 3.63) is 66.0 Å². The Labute approximate surface area is 173 Å². The highest BCUT2D eigenvalue weighted by Crippen LogP contribution is 2.32. The van der Waals surface area contributed by atoms with Gasteiger partial charge >= 0.3 is 0 Å². The first-order valence-electron chi connectivity index (χ1n) is 9.84. The molecule has 2 aromatic heterocycles. The van der Waals surface area contributed by atoms with Crippen molar-refractivity contribution in [2.45, 2.75) is 12.8 Å². The van der Waals surface area contributed by atoms with Crippen LogP contribution in [-0.2, 0) is 17.6 Å². The van der Waals surface area contributed by atoms with Crippen LogP contribution in [-0.4, -0.2) is 34.5 Å². The van der Waals surface area contributed by atoms with E-state index in [-0.39, 0.29) is 12.3 Å². The summed E-state index contributed by atoms with van der Waals surface area (Å²) in [5.74, 6) is 1.34. The third-order valence-electron chi connectivity index (χ3n) is 5.32. The minimum absolute atomic E-state index is 0.0553. The summed E-state index contributed by atoms with van der Waals surface area (Å²) < 4.78 is 5.34. The molecule has 150 valence electrons. The smallest absolute Gasteiger partial charge is 0.228 e. The molecule has 30 heavy (non-hydrogen) atoms. The van der Waals surface area contributed by atoms with Crippen molar-refractivity contribution in [2.75, 3.05) is 24.3 Å². The van der Waals surface area contributed by atoms with Gasteiger partial charge in [-0.25, -0.2) is 9.97 Å². The second kappa shape index (κ2) is 7.51. The predicted molar refractivity (Wildman–Crippen MR) is 117 cm³/mol. The Hall–Kier alpha value is -3.87. The molecule has 4 aromatic rings. The third kappa shape index (κ3) is 3.34. The number of aromatic amines is 1. The van der Waals surface area contributed by atoms with E-state index in [1.165, 1.54) is 5.56 Å². The summed E-state index contributed by atoms with van der Waals surface area (Å²) in [5.41, 5.74) is 5.59.